The van der Waals surface area contributed by atoms with Crippen LogP contribution in [0.5, 0.6) is 5.75 Å². The Labute approximate surface area is 235 Å². The minimum atomic E-state index is -3.01. The molecular weight excluding hydrogens is 538 g/mol. The van der Waals surface area contributed by atoms with E-state index in [-0.39, 0.29) is 23.3 Å². The summed E-state index contributed by atoms with van der Waals surface area (Å²) >= 11 is 0. The zero-order valence-electron chi connectivity index (χ0n) is 23.6. The number of benzene rings is 1. The number of ketones is 2. The lowest BCUT2D eigenvalue weighted by Gasteiger charge is -2.53. The molecule has 1 fully saturated rings. The Morgan fingerprint density at radius 1 is 1.15 bits per heavy atom. The quantitative estimate of drug-likeness (QED) is 0.200. The van der Waals surface area contributed by atoms with Crippen LogP contribution in [0.15, 0.2) is 29.0 Å². The van der Waals surface area contributed by atoms with Gasteiger partial charge in [0.1, 0.15) is 22.8 Å². The number of fused-ring (bicyclic) bond motifs is 3. The van der Waals surface area contributed by atoms with Crippen LogP contribution < -0.4 is 11.1 Å². The highest BCUT2D eigenvalue weighted by atomic mass is 16.5. The Bertz CT molecular complexity index is 1420. The number of Topliss-reactive ketones (excluding diaryl/α,β-unsaturated/α-hetero) is 2. The van der Waals surface area contributed by atoms with E-state index >= 15 is 0 Å². The first-order chi connectivity index (χ1) is 18.9. The Balaban J connectivity index is 1.88. The van der Waals surface area contributed by atoms with E-state index in [2.05, 4.69) is 5.32 Å². The Morgan fingerprint density at radius 2 is 1.76 bits per heavy atom. The van der Waals surface area contributed by atoms with E-state index in [1.54, 1.807) is 6.92 Å². The van der Waals surface area contributed by atoms with Gasteiger partial charge in [-0.1, -0.05) is 33.8 Å². The molecule has 0 bridgehead atoms. The van der Waals surface area contributed by atoms with Crippen LogP contribution in [0.25, 0.3) is 5.76 Å². The summed E-state index contributed by atoms with van der Waals surface area (Å²) in [5, 5.41) is 59.1. The summed E-state index contributed by atoms with van der Waals surface area (Å²) in [6, 6.07) is 1.42. The summed E-state index contributed by atoms with van der Waals surface area (Å²) in [7, 11) is 2.87. The molecule has 0 aromatic heterocycles. The predicted molar refractivity (Wildman–Crippen MR) is 145 cm³/mol. The lowest BCUT2D eigenvalue weighted by molar-refractivity contribution is -0.169. The van der Waals surface area contributed by atoms with E-state index in [1.165, 1.54) is 31.1 Å². The maximum Gasteiger partial charge on any atom is 0.411 e. The van der Waals surface area contributed by atoms with Gasteiger partial charge in [0.05, 0.1) is 35.9 Å². The summed E-state index contributed by atoms with van der Waals surface area (Å²) in [5.41, 5.74) is 0.385. The molecule has 1 aromatic rings. The fraction of sp³-hybridized carbons (Fsp3) is 0.500. The Morgan fingerprint density at radius 3 is 2.29 bits per heavy atom. The van der Waals surface area contributed by atoms with Gasteiger partial charge in [-0.25, -0.2) is 4.79 Å². The smallest absolute Gasteiger partial charge is 0.411 e. The first kappa shape index (κ1) is 30.0. The van der Waals surface area contributed by atoms with Crippen molar-refractivity contribution < 1.29 is 49.4 Å². The van der Waals surface area contributed by atoms with Crippen molar-refractivity contribution in [1.82, 2.24) is 4.90 Å². The number of carbonyl (C=O) groups is 4. The van der Waals surface area contributed by atoms with E-state index in [1.807, 2.05) is 20.8 Å². The van der Waals surface area contributed by atoms with Crippen LogP contribution in [0, 0.1) is 17.3 Å². The van der Waals surface area contributed by atoms with Crippen molar-refractivity contribution >= 4 is 35.0 Å². The number of ether oxygens (including phenoxy) is 1. The number of rotatable bonds is 4. The fourth-order valence-electron chi connectivity index (χ4n) is 6.15. The highest BCUT2D eigenvalue weighted by Crippen LogP contribution is 2.56. The second-order valence-electron chi connectivity index (χ2n) is 12.2. The molecule has 1 aromatic carbocycles. The molecule has 8 N–H and O–H groups in total. The van der Waals surface area contributed by atoms with Gasteiger partial charge in [-0.3, -0.25) is 24.6 Å². The average molecular weight is 574 g/mol. The molecule has 3 aliphatic carbocycles. The number of carbonyl (C=O) groups excluding carboxylic acids is 4. The third-order valence-corrected chi connectivity index (χ3v) is 8.00. The molecule has 0 saturated heterocycles. The molecule has 4 rings (SSSR count). The molecule has 0 unspecified atom stereocenters. The van der Waals surface area contributed by atoms with Crippen LogP contribution in [-0.2, 0) is 19.1 Å². The molecule has 222 valence electrons. The number of phenols is 1. The highest BCUT2D eigenvalue weighted by Gasteiger charge is 2.68. The standard InChI is InChI=1S/C28H35N3O10/c1-10-11-7-8-12(30-26(39)41-9-27(2,3)4)19(32)14(11)20(33)15-13(10)21(34)17-18(31(5)6)22(35)16(25(29)38)24(37)28(17,40)23(15)36/h7-8,10,13,17-18,21,32-34,37,40H,9H2,1-6H3,(H2,29,38)(H,30,39)/t10-,13+,17+,18-,21-,28-/m1/s1. The molecule has 1 saturated carbocycles. The molecule has 0 radical (unpaired) electrons. The van der Waals surface area contributed by atoms with Gasteiger partial charge in [-0.15, -0.1) is 0 Å². The van der Waals surface area contributed by atoms with E-state index < -0.39 is 87.5 Å². The van der Waals surface area contributed by atoms with Gasteiger partial charge in [-0.2, -0.15) is 0 Å². The average Bonchev–Trinajstić information content (AvgIpc) is 2.85. The Hall–Kier alpha value is -3.94. The van der Waals surface area contributed by atoms with Crippen molar-refractivity contribution in [2.75, 3.05) is 26.0 Å². The number of amides is 2. The number of phenolic OH excluding ortho intramolecular Hbond substituents is 1. The van der Waals surface area contributed by atoms with Gasteiger partial charge in [-0.05, 0) is 37.1 Å². The van der Waals surface area contributed by atoms with E-state index in [4.69, 9.17) is 10.5 Å². The van der Waals surface area contributed by atoms with E-state index in [9.17, 15) is 44.7 Å². The van der Waals surface area contributed by atoms with Gasteiger partial charge in [0.2, 0.25) is 5.78 Å². The number of aliphatic hydroxyl groups excluding tert-OH is 3. The topological polar surface area (TPSA) is 220 Å². The van der Waals surface area contributed by atoms with Crippen LogP contribution >= 0.6 is 0 Å². The van der Waals surface area contributed by atoms with Crippen LogP contribution in [0.3, 0.4) is 0 Å². The minimum Gasteiger partial charge on any atom is -0.508 e. The van der Waals surface area contributed by atoms with Crippen molar-refractivity contribution in [3.05, 3.63) is 40.2 Å². The number of nitrogens with two attached hydrogens (primary N) is 1. The largest absolute Gasteiger partial charge is 0.508 e. The van der Waals surface area contributed by atoms with Crippen molar-refractivity contribution in [2.45, 2.75) is 51.4 Å². The highest BCUT2D eigenvalue weighted by molar-refractivity contribution is 6.24. The normalized spacial score (nSPS) is 29.6. The second-order valence-corrected chi connectivity index (χ2v) is 12.2. The number of anilines is 1. The molecule has 13 nitrogen and oxygen atoms in total. The summed E-state index contributed by atoms with van der Waals surface area (Å²) < 4.78 is 5.17. The van der Waals surface area contributed by atoms with Crippen LogP contribution in [-0.4, -0.2) is 92.4 Å². The molecule has 3 aliphatic rings. The van der Waals surface area contributed by atoms with Gasteiger partial charge in [0, 0.05) is 11.5 Å². The maximum absolute atomic E-state index is 14.0. The lowest BCUT2D eigenvalue weighted by atomic mass is 9.54. The number of nitrogens with zero attached hydrogens (tertiary/aromatic N) is 1. The zero-order valence-corrected chi connectivity index (χ0v) is 23.6. The first-order valence-corrected chi connectivity index (χ1v) is 13.0. The van der Waals surface area contributed by atoms with E-state index in [0.29, 0.717) is 5.56 Å². The molecule has 6 atom stereocenters. The van der Waals surface area contributed by atoms with Crippen LogP contribution in [0.2, 0.25) is 0 Å². The number of aromatic hydroxyl groups is 1. The van der Waals surface area contributed by atoms with Crippen molar-refractivity contribution in [3.8, 4) is 5.75 Å². The number of aliphatic hydroxyl groups is 4. The number of hydrogen-bond acceptors (Lipinski definition) is 11. The molecule has 0 spiro atoms. The number of primary amides is 1. The lowest BCUT2D eigenvalue weighted by Crippen LogP contribution is -2.70. The Kier molecular flexibility index (Phi) is 7.22. The molecule has 13 heteroatoms. The third-order valence-electron chi connectivity index (χ3n) is 8.00. The summed E-state index contributed by atoms with van der Waals surface area (Å²) in [6.45, 7) is 7.26. The van der Waals surface area contributed by atoms with Crippen LogP contribution in [0.4, 0.5) is 10.5 Å². The predicted octanol–water partition coefficient (Wildman–Crippen LogP) is 1.09. The van der Waals surface area contributed by atoms with Gasteiger partial charge < -0.3 is 36.0 Å². The SMILES string of the molecule is C[C@@H]1c2ccc(NC(=O)OCC(C)(C)C)c(O)c2C(O)=C2C(=O)[C@@]3(O)C(O)=C(C(N)=O)C(=O)[C@H](N(C)C)[C@H]3[C@H](O)[C@H]21. The first-order valence-electron chi connectivity index (χ1n) is 13.0. The fourth-order valence-corrected chi connectivity index (χ4v) is 6.15. The van der Waals surface area contributed by atoms with Crippen molar-refractivity contribution in [2.24, 2.45) is 23.0 Å². The molecule has 2 amide bonds. The summed E-state index contributed by atoms with van der Waals surface area (Å²) in [4.78, 5) is 53.0. The maximum atomic E-state index is 14.0. The third kappa shape index (κ3) is 4.44. The van der Waals surface area contributed by atoms with Crippen molar-refractivity contribution in [3.63, 3.8) is 0 Å². The van der Waals surface area contributed by atoms with E-state index in [0.717, 1.165) is 0 Å². The second kappa shape index (κ2) is 9.86. The number of hydrogen-bond donors (Lipinski definition) is 7. The van der Waals surface area contributed by atoms with Gasteiger partial charge >= 0.3 is 6.09 Å². The van der Waals surface area contributed by atoms with Gasteiger partial charge in [0.25, 0.3) is 5.91 Å². The number of nitrogens with one attached hydrogen (secondary N) is 1. The summed E-state index contributed by atoms with van der Waals surface area (Å²) in [5.74, 6) is -9.97. The summed E-state index contributed by atoms with van der Waals surface area (Å²) in [6.07, 6.45) is -2.57. The molecule has 0 aliphatic heterocycles. The molecule has 41 heavy (non-hydrogen) atoms. The minimum absolute atomic E-state index is 0.0748. The van der Waals surface area contributed by atoms with Crippen molar-refractivity contribution in [1.29, 1.82) is 0 Å². The molecular formula is C28H35N3O10. The zero-order chi connectivity index (χ0) is 30.9. The molecule has 0 heterocycles. The van der Waals surface area contributed by atoms with Gasteiger partial charge in [0.15, 0.2) is 11.4 Å². The monoisotopic (exact) mass is 573 g/mol. The number of likely N-dealkylation sites (N-methyl/N-ethyl adjacent to an activating group) is 1. The van der Waals surface area contributed by atoms with Crippen LogP contribution in [0.1, 0.15) is 44.7 Å².